The Morgan fingerprint density at radius 2 is 1.91 bits per heavy atom. The second kappa shape index (κ2) is 3.50. The SMILES string of the molecule is COCC1(COC)CCC1F. The first kappa shape index (κ1) is 8.94. The second-order valence-corrected chi connectivity index (χ2v) is 3.23. The highest BCUT2D eigenvalue weighted by molar-refractivity contribution is 4.96. The van der Waals surface area contributed by atoms with Crippen LogP contribution in [0.1, 0.15) is 12.8 Å². The van der Waals surface area contributed by atoms with Crippen LogP contribution in [-0.4, -0.2) is 33.6 Å². The summed E-state index contributed by atoms with van der Waals surface area (Å²) in [6, 6.07) is 0. The minimum absolute atomic E-state index is 0.330. The van der Waals surface area contributed by atoms with Gasteiger partial charge in [0.05, 0.1) is 13.2 Å². The van der Waals surface area contributed by atoms with Gasteiger partial charge in [-0.25, -0.2) is 4.39 Å². The summed E-state index contributed by atoms with van der Waals surface area (Å²) in [6.07, 6.45) is 0.810. The number of methoxy groups -OCH3 is 2. The normalized spacial score (nSPS) is 28.1. The molecular formula is C8H15FO2. The lowest BCUT2D eigenvalue weighted by Crippen LogP contribution is -2.48. The topological polar surface area (TPSA) is 18.5 Å². The van der Waals surface area contributed by atoms with Crippen LogP contribution < -0.4 is 0 Å². The van der Waals surface area contributed by atoms with Crippen LogP contribution in [0.5, 0.6) is 0 Å². The molecule has 1 aliphatic rings. The summed E-state index contributed by atoms with van der Waals surface area (Å²) in [7, 11) is 3.20. The summed E-state index contributed by atoms with van der Waals surface area (Å²) < 4.78 is 23.0. The van der Waals surface area contributed by atoms with Gasteiger partial charge in [0.1, 0.15) is 6.17 Å². The van der Waals surface area contributed by atoms with E-state index in [0.29, 0.717) is 19.6 Å². The maximum Gasteiger partial charge on any atom is 0.110 e. The molecule has 0 bridgehead atoms. The minimum Gasteiger partial charge on any atom is -0.384 e. The van der Waals surface area contributed by atoms with Gasteiger partial charge in [-0.2, -0.15) is 0 Å². The Morgan fingerprint density at radius 1 is 1.36 bits per heavy atom. The van der Waals surface area contributed by atoms with E-state index in [1.54, 1.807) is 14.2 Å². The lowest BCUT2D eigenvalue weighted by atomic mass is 9.68. The molecular weight excluding hydrogens is 147 g/mol. The standard InChI is InChI=1S/C8H15FO2/c1-10-5-8(6-11-2)4-3-7(8)9/h7H,3-6H2,1-2H3. The summed E-state index contributed by atoms with van der Waals surface area (Å²) in [5.41, 5.74) is -0.330. The highest BCUT2D eigenvalue weighted by Gasteiger charge is 2.47. The summed E-state index contributed by atoms with van der Waals surface area (Å²) in [5.74, 6) is 0. The van der Waals surface area contributed by atoms with Crippen molar-refractivity contribution in [2.24, 2.45) is 5.41 Å². The van der Waals surface area contributed by atoms with Gasteiger partial charge in [0.25, 0.3) is 0 Å². The van der Waals surface area contributed by atoms with E-state index in [1.165, 1.54) is 0 Å². The van der Waals surface area contributed by atoms with Crippen molar-refractivity contribution in [3.63, 3.8) is 0 Å². The fraction of sp³-hybridized carbons (Fsp3) is 1.00. The van der Waals surface area contributed by atoms with Crippen molar-refractivity contribution in [1.82, 2.24) is 0 Å². The highest BCUT2D eigenvalue weighted by Crippen LogP contribution is 2.43. The maximum atomic E-state index is 13.1. The lowest BCUT2D eigenvalue weighted by molar-refractivity contribution is -0.102. The van der Waals surface area contributed by atoms with E-state index < -0.39 is 6.17 Å². The number of rotatable bonds is 4. The van der Waals surface area contributed by atoms with Gasteiger partial charge in [-0.05, 0) is 12.8 Å². The molecule has 0 spiro atoms. The third kappa shape index (κ3) is 1.54. The van der Waals surface area contributed by atoms with Crippen molar-refractivity contribution >= 4 is 0 Å². The molecule has 0 aromatic carbocycles. The summed E-state index contributed by atoms with van der Waals surface area (Å²) in [6.45, 7) is 0.948. The van der Waals surface area contributed by atoms with Gasteiger partial charge < -0.3 is 9.47 Å². The molecule has 1 saturated carbocycles. The van der Waals surface area contributed by atoms with Crippen LogP contribution in [0.15, 0.2) is 0 Å². The molecule has 1 aliphatic carbocycles. The van der Waals surface area contributed by atoms with Crippen LogP contribution in [0.2, 0.25) is 0 Å². The summed E-state index contributed by atoms with van der Waals surface area (Å²) >= 11 is 0. The lowest BCUT2D eigenvalue weighted by Gasteiger charge is -2.43. The Labute approximate surface area is 66.7 Å². The van der Waals surface area contributed by atoms with Crippen molar-refractivity contribution in [3.8, 4) is 0 Å². The zero-order valence-corrected chi connectivity index (χ0v) is 7.10. The van der Waals surface area contributed by atoms with Crippen molar-refractivity contribution in [3.05, 3.63) is 0 Å². The van der Waals surface area contributed by atoms with E-state index in [2.05, 4.69) is 0 Å². The van der Waals surface area contributed by atoms with E-state index in [9.17, 15) is 4.39 Å². The van der Waals surface area contributed by atoms with Gasteiger partial charge in [0.15, 0.2) is 0 Å². The predicted molar refractivity (Wildman–Crippen MR) is 40.3 cm³/mol. The van der Waals surface area contributed by atoms with E-state index in [-0.39, 0.29) is 5.41 Å². The van der Waals surface area contributed by atoms with Crippen molar-refractivity contribution in [1.29, 1.82) is 0 Å². The third-order valence-electron chi connectivity index (χ3n) is 2.42. The molecule has 0 heterocycles. The Bertz CT molecular complexity index is 121. The summed E-state index contributed by atoms with van der Waals surface area (Å²) in [5, 5.41) is 0. The van der Waals surface area contributed by atoms with Crippen LogP contribution in [0.25, 0.3) is 0 Å². The largest absolute Gasteiger partial charge is 0.384 e. The number of halogens is 1. The average Bonchev–Trinajstić information content (AvgIpc) is 2.01. The van der Waals surface area contributed by atoms with Crippen LogP contribution in [-0.2, 0) is 9.47 Å². The molecule has 1 unspecified atom stereocenters. The zero-order chi connectivity index (χ0) is 8.32. The molecule has 0 N–H and O–H groups in total. The molecule has 1 rings (SSSR count). The monoisotopic (exact) mass is 162 g/mol. The molecule has 1 fully saturated rings. The highest BCUT2D eigenvalue weighted by atomic mass is 19.1. The molecule has 0 amide bonds. The number of hydrogen-bond acceptors (Lipinski definition) is 2. The van der Waals surface area contributed by atoms with E-state index >= 15 is 0 Å². The Kier molecular flexibility index (Phi) is 2.84. The second-order valence-electron chi connectivity index (χ2n) is 3.23. The molecule has 0 aromatic rings. The van der Waals surface area contributed by atoms with E-state index in [4.69, 9.17) is 9.47 Å². The zero-order valence-electron chi connectivity index (χ0n) is 7.10. The molecule has 3 heteroatoms. The van der Waals surface area contributed by atoms with Crippen LogP contribution in [0.4, 0.5) is 4.39 Å². The first-order chi connectivity index (χ1) is 5.25. The smallest absolute Gasteiger partial charge is 0.110 e. The van der Waals surface area contributed by atoms with Crippen molar-refractivity contribution in [2.75, 3.05) is 27.4 Å². The molecule has 2 nitrogen and oxygen atoms in total. The van der Waals surface area contributed by atoms with Gasteiger partial charge in [0, 0.05) is 19.6 Å². The molecule has 0 saturated heterocycles. The van der Waals surface area contributed by atoms with E-state index in [0.717, 1.165) is 6.42 Å². The third-order valence-corrected chi connectivity index (χ3v) is 2.42. The number of alkyl halides is 1. The van der Waals surface area contributed by atoms with E-state index in [1.807, 2.05) is 0 Å². The van der Waals surface area contributed by atoms with Crippen LogP contribution in [0.3, 0.4) is 0 Å². The molecule has 0 aliphatic heterocycles. The van der Waals surface area contributed by atoms with Crippen molar-refractivity contribution < 1.29 is 13.9 Å². The summed E-state index contributed by atoms with van der Waals surface area (Å²) in [4.78, 5) is 0. The molecule has 1 atom stereocenters. The first-order valence-corrected chi connectivity index (χ1v) is 3.87. The Balaban J connectivity index is 2.42. The molecule has 11 heavy (non-hydrogen) atoms. The molecule has 0 aromatic heterocycles. The van der Waals surface area contributed by atoms with Gasteiger partial charge in [-0.15, -0.1) is 0 Å². The molecule has 66 valence electrons. The average molecular weight is 162 g/mol. The Morgan fingerprint density at radius 3 is 2.09 bits per heavy atom. The van der Waals surface area contributed by atoms with Crippen molar-refractivity contribution in [2.45, 2.75) is 19.0 Å². The van der Waals surface area contributed by atoms with Gasteiger partial charge in [-0.1, -0.05) is 0 Å². The number of hydrogen-bond donors (Lipinski definition) is 0. The first-order valence-electron chi connectivity index (χ1n) is 3.87. The van der Waals surface area contributed by atoms with Gasteiger partial charge in [-0.3, -0.25) is 0 Å². The predicted octanol–water partition coefficient (Wildman–Crippen LogP) is 1.40. The molecule has 0 radical (unpaired) electrons. The Hall–Kier alpha value is -0.150. The quantitative estimate of drug-likeness (QED) is 0.622. The van der Waals surface area contributed by atoms with Crippen LogP contribution in [0, 0.1) is 5.41 Å². The number of ether oxygens (including phenoxy) is 2. The minimum atomic E-state index is -0.734. The van der Waals surface area contributed by atoms with Gasteiger partial charge in [0.2, 0.25) is 0 Å². The van der Waals surface area contributed by atoms with Gasteiger partial charge >= 0.3 is 0 Å². The maximum absolute atomic E-state index is 13.1. The fourth-order valence-corrected chi connectivity index (χ4v) is 1.60. The van der Waals surface area contributed by atoms with Crippen LogP contribution >= 0.6 is 0 Å². The fourth-order valence-electron chi connectivity index (χ4n) is 1.60.